The molecule has 2 aromatic carbocycles. The molecule has 35 heavy (non-hydrogen) atoms. The monoisotopic (exact) mass is 502 g/mol. The lowest BCUT2D eigenvalue weighted by Gasteiger charge is -2.38. The average Bonchev–Trinajstić information content (AvgIpc) is 3.33. The smallest absolute Gasteiger partial charge is 0.319 e. The van der Waals surface area contributed by atoms with Crippen LogP contribution in [0.2, 0.25) is 5.02 Å². The van der Waals surface area contributed by atoms with Crippen LogP contribution < -0.4 is 30.2 Å². The molecule has 9 heteroatoms. The van der Waals surface area contributed by atoms with Crippen molar-refractivity contribution in [1.82, 2.24) is 15.5 Å². The first kappa shape index (κ1) is 25.4. The summed E-state index contributed by atoms with van der Waals surface area (Å²) in [4.78, 5) is 15.4. The Balaban J connectivity index is 1.31. The third-order valence-corrected chi connectivity index (χ3v) is 7.23. The van der Waals surface area contributed by atoms with E-state index in [4.69, 9.17) is 25.8 Å². The van der Waals surface area contributed by atoms with Crippen molar-refractivity contribution in [1.29, 1.82) is 0 Å². The Hall–Kier alpha value is -2.68. The zero-order chi connectivity index (χ0) is 24.8. The molecular weight excluding hydrogens is 468 g/mol. The number of nitrogens with one attached hydrogen (secondary N) is 3. The van der Waals surface area contributed by atoms with Crippen LogP contribution in [0.25, 0.3) is 0 Å². The molecule has 0 aromatic heterocycles. The van der Waals surface area contributed by atoms with Crippen LogP contribution in [0.1, 0.15) is 18.4 Å². The van der Waals surface area contributed by atoms with Crippen molar-refractivity contribution in [2.75, 3.05) is 52.8 Å². The summed E-state index contributed by atoms with van der Waals surface area (Å²) in [5.41, 5.74) is 1.92. The number of urea groups is 1. The fraction of sp³-hybridized carbons (Fsp3) is 0.500. The number of rotatable bonds is 8. The number of halogens is 1. The van der Waals surface area contributed by atoms with E-state index in [9.17, 15) is 4.79 Å². The van der Waals surface area contributed by atoms with Crippen LogP contribution in [0.15, 0.2) is 36.4 Å². The molecule has 2 unspecified atom stereocenters. The van der Waals surface area contributed by atoms with Crippen LogP contribution in [0.5, 0.6) is 17.2 Å². The molecule has 2 aromatic rings. The van der Waals surface area contributed by atoms with Gasteiger partial charge in [-0.2, -0.15) is 0 Å². The SMILES string of the molecule is COc1cc(NC(=O)NC2CNCC2N2CCC(Cc3ccc(Cl)cc3)CC2)cc(OC)c1OC. The Bertz CT molecular complexity index is 970. The minimum absolute atomic E-state index is 0.0323. The summed E-state index contributed by atoms with van der Waals surface area (Å²) in [7, 11) is 4.65. The van der Waals surface area contributed by atoms with Crippen molar-refractivity contribution in [2.45, 2.75) is 31.3 Å². The molecule has 2 atom stereocenters. The van der Waals surface area contributed by atoms with Crippen molar-refractivity contribution in [3.05, 3.63) is 47.0 Å². The number of methoxy groups -OCH3 is 3. The largest absolute Gasteiger partial charge is 0.493 e. The quantitative estimate of drug-likeness (QED) is 0.509. The lowest BCUT2D eigenvalue weighted by Crippen LogP contribution is -2.54. The number of likely N-dealkylation sites (tertiary alicyclic amines) is 1. The molecular formula is C26H35ClN4O4. The predicted octanol–water partition coefficient (Wildman–Crippen LogP) is 3.78. The Morgan fingerprint density at radius 2 is 1.69 bits per heavy atom. The van der Waals surface area contributed by atoms with Gasteiger partial charge in [-0.05, 0) is 56.0 Å². The highest BCUT2D eigenvalue weighted by Gasteiger charge is 2.35. The highest BCUT2D eigenvalue weighted by Crippen LogP contribution is 2.40. The van der Waals surface area contributed by atoms with Gasteiger partial charge in [0.15, 0.2) is 11.5 Å². The lowest BCUT2D eigenvalue weighted by molar-refractivity contribution is 0.127. The second-order valence-electron chi connectivity index (χ2n) is 9.15. The summed E-state index contributed by atoms with van der Waals surface area (Å²) >= 11 is 6.02. The number of nitrogens with zero attached hydrogens (tertiary/aromatic N) is 1. The van der Waals surface area contributed by atoms with E-state index in [0.29, 0.717) is 28.9 Å². The van der Waals surface area contributed by atoms with Gasteiger partial charge in [-0.1, -0.05) is 23.7 Å². The van der Waals surface area contributed by atoms with Crippen molar-refractivity contribution < 1.29 is 19.0 Å². The zero-order valence-electron chi connectivity index (χ0n) is 20.6. The van der Waals surface area contributed by atoms with Crippen molar-refractivity contribution >= 4 is 23.3 Å². The first-order chi connectivity index (χ1) is 17.0. The maximum Gasteiger partial charge on any atom is 0.319 e. The van der Waals surface area contributed by atoms with Gasteiger partial charge in [0.2, 0.25) is 5.75 Å². The average molecular weight is 503 g/mol. The Morgan fingerprint density at radius 3 is 2.29 bits per heavy atom. The fourth-order valence-electron chi connectivity index (χ4n) is 5.13. The van der Waals surface area contributed by atoms with Gasteiger partial charge in [0.1, 0.15) is 0 Å². The van der Waals surface area contributed by atoms with Crippen LogP contribution >= 0.6 is 11.6 Å². The van der Waals surface area contributed by atoms with Crippen LogP contribution in [0.3, 0.4) is 0 Å². The molecule has 3 N–H and O–H groups in total. The number of carbonyl (C=O) groups is 1. The molecule has 2 fully saturated rings. The molecule has 2 aliphatic rings. The number of amides is 2. The standard InChI is InChI=1S/C26H35ClN4O4/c1-33-23-13-20(14-24(34-2)25(23)35-3)29-26(32)30-21-15-28-16-22(21)31-10-8-18(9-11-31)12-17-4-6-19(27)7-5-17/h4-7,13-14,18,21-22,28H,8-12,15-16H2,1-3H3,(H2,29,30,32). The first-order valence-corrected chi connectivity index (χ1v) is 12.4. The zero-order valence-corrected chi connectivity index (χ0v) is 21.4. The Kier molecular flexibility index (Phi) is 8.59. The number of hydrogen-bond acceptors (Lipinski definition) is 6. The van der Waals surface area contributed by atoms with E-state index in [-0.39, 0.29) is 18.1 Å². The van der Waals surface area contributed by atoms with E-state index in [1.165, 1.54) is 5.56 Å². The maximum absolute atomic E-state index is 12.8. The number of anilines is 1. The molecule has 0 spiro atoms. The summed E-state index contributed by atoms with van der Waals surface area (Å²) in [6, 6.07) is 11.7. The van der Waals surface area contributed by atoms with Gasteiger partial charge in [0.05, 0.1) is 33.1 Å². The molecule has 190 valence electrons. The molecule has 0 aliphatic carbocycles. The molecule has 2 saturated heterocycles. The highest BCUT2D eigenvalue weighted by atomic mass is 35.5. The minimum Gasteiger partial charge on any atom is -0.493 e. The van der Waals surface area contributed by atoms with Crippen LogP contribution in [-0.2, 0) is 6.42 Å². The van der Waals surface area contributed by atoms with E-state index >= 15 is 0 Å². The third kappa shape index (κ3) is 6.31. The number of hydrogen-bond donors (Lipinski definition) is 3. The van der Waals surface area contributed by atoms with Crippen molar-refractivity contribution in [3.8, 4) is 17.2 Å². The van der Waals surface area contributed by atoms with Crippen LogP contribution in [0, 0.1) is 5.92 Å². The summed E-state index contributed by atoms with van der Waals surface area (Å²) in [5.74, 6) is 2.14. The second kappa shape index (κ2) is 11.8. The molecule has 4 rings (SSSR count). The van der Waals surface area contributed by atoms with Gasteiger partial charge in [-0.3, -0.25) is 4.90 Å². The van der Waals surface area contributed by atoms with Crippen LogP contribution in [-0.4, -0.2) is 70.5 Å². The molecule has 2 amide bonds. The topological polar surface area (TPSA) is 84.1 Å². The summed E-state index contributed by atoms with van der Waals surface area (Å²) in [6.45, 7) is 3.70. The van der Waals surface area contributed by atoms with Gasteiger partial charge < -0.3 is 30.2 Å². The van der Waals surface area contributed by atoms with Crippen LogP contribution in [0.4, 0.5) is 10.5 Å². The van der Waals surface area contributed by atoms with E-state index in [1.54, 1.807) is 33.5 Å². The Morgan fingerprint density at radius 1 is 1.03 bits per heavy atom. The van der Waals surface area contributed by atoms with Gasteiger partial charge in [-0.25, -0.2) is 4.79 Å². The van der Waals surface area contributed by atoms with Gasteiger partial charge in [-0.15, -0.1) is 0 Å². The second-order valence-corrected chi connectivity index (χ2v) is 9.59. The van der Waals surface area contributed by atoms with Gasteiger partial charge >= 0.3 is 6.03 Å². The highest BCUT2D eigenvalue weighted by molar-refractivity contribution is 6.30. The van der Waals surface area contributed by atoms with E-state index in [0.717, 1.165) is 50.5 Å². The maximum atomic E-state index is 12.8. The molecule has 2 heterocycles. The lowest BCUT2D eigenvalue weighted by atomic mass is 9.89. The predicted molar refractivity (Wildman–Crippen MR) is 138 cm³/mol. The third-order valence-electron chi connectivity index (χ3n) is 6.98. The summed E-state index contributed by atoms with van der Waals surface area (Å²) < 4.78 is 16.1. The molecule has 0 bridgehead atoms. The number of carbonyl (C=O) groups excluding carboxylic acids is 1. The summed E-state index contributed by atoms with van der Waals surface area (Å²) in [6.07, 6.45) is 3.40. The van der Waals surface area contributed by atoms with Crippen molar-refractivity contribution in [2.24, 2.45) is 5.92 Å². The van der Waals surface area contributed by atoms with Gasteiger partial charge in [0.25, 0.3) is 0 Å². The summed E-state index contributed by atoms with van der Waals surface area (Å²) in [5, 5.41) is 10.3. The molecule has 0 saturated carbocycles. The van der Waals surface area contributed by atoms with E-state index in [2.05, 4.69) is 33.0 Å². The normalized spacial score (nSPS) is 20.9. The number of piperidine rings is 1. The minimum atomic E-state index is -0.254. The number of benzene rings is 2. The van der Waals surface area contributed by atoms with E-state index in [1.807, 2.05) is 12.1 Å². The molecule has 2 aliphatic heterocycles. The Labute approximate surface area is 212 Å². The van der Waals surface area contributed by atoms with Crippen molar-refractivity contribution in [3.63, 3.8) is 0 Å². The first-order valence-electron chi connectivity index (χ1n) is 12.1. The fourth-order valence-corrected chi connectivity index (χ4v) is 5.25. The number of ether oxygens (including phenoxy) is 3. The molecule has 0 radical (unpaired) electrons. The van der Waals surface area contributed by atoms with Gasteiger partial charge in [0, 0.05) is 36.3 Å². The molecule has 8 nitrogen and oxygen atoms in total. The van der Waals surface area contributed by atoms with E-state index < -0.39 is 0 Å².